The Morgan fingerprint density at radius 3 is 2.45 bits per heavy atom. The highest BCUT2D eigenvalue weighted by Crippen LogP contribution is 2.18. The quantitative estimate of drug-likeness (QED) is 0.705. The lowest BCUT2D eigenvalue weighted by molar-refractivity contribution is -0.116. The first-order chi connectivity index (χ1) is 14.6. The van der Waals surface area contributed by atoms with E-state index in [0.717, 1.165) is 5.69 Å². The summed E-state index contributed by atoms with van der Waals surface area (Å²) in [4.78, 5) is 44.4. The molecule has 0 unspecified atom stereocenters. The number of piperazine rings is 1. The third-order valence-electron chi connectivity index (χ3n) is 4.57. The zero-order valence-corrected chi connectivity index (χ0v) is 19.4. The van der Waals surface area contributed by atoms with Gasteiger partial charge in [0.25, 0.3) is 5.56 Å². The van der Waals surface area contributed by atoms with Gasteiger partial charge in [-0.25, -0.2) is 9.78 Å². The van der Waals surface area contributed by atoms with Crippen molar-refractivity contribution in [2.45, 2.75) is 32.9 Å². The summed E-state index contributed by atoms with van der Waals surface area (Å²) in [6.07, 6.45) is 2.95. The number of hydrogen-bond acceptors (Lipinski definition) is 6. The molecule has 0 saturated carbocycles. The fourth-order valence-corrected chi connectivity index (χ4v) is 3.46. The second-order valence-corrected chi connectivity index (χ2v) is 9.13. The molecule has 3 heterocycles. The number of nitrogens with one attached hydrogen (secondary N) is 1. The number of pyridine rings is 2. The second-order valence-electron chi connectivity index (χ2n) is 8.22. The largest absolute Gasteiger partial charge is 0.444 e. The molecule has 9 nitrogen and oxygen atoms in total. The number of anilines is 2. The molecule has 2 amide bonds. The maximum Gasteiger partial charge on any atom is 0.410 e. The number of halogens is 1. The van der Waals surface area contributed by atoms with Crippen LogP contribution >= 0.6 is 15.9 Å². The fraction of sp³-hybridized carbons (Fsp3) is 0.429. The van der Waals surface area contributed by atoms with Crippen molar-refractivity contribution in [2.75, 3.05) is 36.4 Å². The number of ether oxygens (including phenoxy) is 1. The van der Waals surface area contributed by atoms with Gasteiger partial charge in [-0.2, -0.15) is 0 Å². The SMILES string of the molecule is CC(C)(C)OC(=O)N1CCN(c2ccc(NC(=O)Cn3cc(Br)ccc3=O)nc2)CC1. The second kappa shape index (κ2) is 9.51. The average molecular weight is 492 g/mol. The minimum absolute atomic E-state index is 0.103. The first-order valence-electron chi connectivity index (χ1n) is 9.95. The Kier molecular flexibility index (Phi) is 6.99. The predicted octanol–water partition coefficient (Wildman–Crippen LogP) is 2.70. The Hall–Kier alpha value is -2.88. The predicted molar refractivity (Wildman–Crippen MR) is 121 cm³/mol. The van der Waals surface area contributed by atoms with Gasteiger partial charge in [0.15, 0.2) is 0 Å². The van der Waals surface area contributed by atoms with E-state index in [2.05, 4.69) is 31.1 Å². The van der Waals surface area contributed by atoms with Crippen molar-refractivity contribution in [3.8, 4) is 0 Å². The van der Waals surface area contributed by atoms with E-state index in [1.807, 2.05) is 26.8 Å². The molecule has 31 heavy (non-hydrogen) atoms. The van der Waals surface area contributed by atoms with E-state index in [1.54, 1.807) is 29.4 Å². The maximum absolute atomic E-state index is 12.2. The molecule has 1 aliphatic heterocycles. The normalized spacial score (nSPS) is 14.3. The van der Waals surface area contributed by atoms with Crippen LogP contribution in [0.15, 0.2) is 45.9 Å². The van der Waals surface area contributed by atoms with Crippen LogP contribution in [0.2, 0.25) is 0 Å². The molecule has 1 saturated heterocycles. The van der Waals surface area contributed by atoms with Gasteiger partial charge in [0.05, 0.1) is 11.9 Å². The number of rotatable bonds is 4. The summed E-state index contributed by atoms with van der Waals surface area (Å²) in [5.41, 5.74) is 0.139. The highest BCUT2D eigenvalue weighted by atomic mass is 79.9. The lowest BCUT2D eigenvalue weighted by atomic mass is 10.2. The van der Waals surface area contributed by atoms with Crippen LogP contribution < -0.4 is 15.8 Å². The number of nitrogens with zero attached hydrogens (tertiary/aromatic N) is 4. The minimum Gasteiger partial charge on any atom is -0.444 e. The van der Waals surface area contributed by atoms with Crippen molar-refractivity contribution in [1.82, 2.24) is 14.5 Å². The molecule has 3 rings (SSSR count). The molecule has 0 atom stereocenters. The number of hydrogen-bond donors (Lipinski definition) is 1. The molecular weight excluding hydrogens is 466 g/mol. The minimum atomic E-state index is -0.511. The summed E-state index contributed by atoms with van der Waals surface area (Å²) >= 11 is 3.29. The van der Waals surface area contributed by atoms with E-state index in [-0.39, 0.29) is 24.1 Å². The van der Waals surface area contributed by atoms with Crippen LogP contribution in [0, 0.1) is 0 Å². The topological polar surface area (TPSA) is 96.8 Å². The van der Waals surface area contributed by atoms with Crippen molar-refractivity contribution >= 4 is 39.4 Å². The van der Waals surface area contributed by atoms with Crippen molar-refractivity contribution in [1.29, 1.82) is 0 Å². The summed E-state index contributed by atoms with van der Waals surface area (Å²) < 4.78 is 7.45. The van der Waals surface area contributed by atoms with Crippen LogP contribution in [0.3, 0.4) is 0 Å². The molecular formula is C21H26BrN5O4. The molecule has 1 N–H and O–H groups in total. The number of aromatic nitrogens is 2. The lowest BCUT2D eigenvalue weighted by Gasteiger charge is -2.36. The molecule has 0 spiro atoms. The maximum atomic E-state index is 12.2. The van der Waals surface area contributed by atoms with E-state index in [1.165, 1.54) is 10.6 Å². The van der Waals surface area contributed by atoms with Gasteiger partial charge in [-0.05, 0) is 54.9 Å². The lowest BCUT2D eigenvalue weighted by Crippen LogP contribution is -2.50. The van der Waals surface area contributed by atoms with Gasteiger partial charge in [-0.15, -0.1) is 0 Å². The number of carbonyl (C=O) groups is 2. The van der Waals surface area contributed by atoms with Gasteiger partial charge < -0.3 is 24.4 Å². The number of amides is 2. The Labute approximate surface area is 189 Å². The van der Waals surface area contributed by atoms with Gasteiger partial charge >= 0.3 is 6.09 Å². The van der Waals surface area contributed by atoms with E-state index in [4.69, 9.17) is 4.74 Å². The van der Waals surface area contributed by atoms with Crippen LogP contribution in [-0.2, 0) is 16.1 Å². The summed E-state index contributed by atoms with van der Waals surface area (Å²) in [5.74, 6) is 0.0654. The number of carbonyl (C=O) groups excluding carboxylic acids is 2. The third-order valence-corrected chi connectivity index (χ3v) is 5.04. The molecule has 2 aromatic rings. The van der Waals surface area contributed by atoms with Crippen molar-refractivity contribution in [2.24, 2.45) is 0 Å². The molecule has 10 heteroatoms. The summed E-state index contributed by atoms with van der Waals surface area (Å²) in [6, 6.07) is 6.62. The molecule has 166 valence electrons. The Morgan fingerprint density at radius 2 is 1.84 bits per heavy atom. The Bertz CT molecular complexity index is 992. The zero-order valence-electron chi connectivity index (χ0n) is 17.8. The third kappa shape index (κ3) is 6.55. The zero-order chi connectivity index (χ0) is 22.6. The van der Waals surface area contributed by atoms with Crippen molar-refractivity contribution < 1.29 is 14.3 Å². The van der Waals surface area contributed by atoms with Crippen LogP contribution in [0.1, 0.15) is 20.8 Å². The van der Waals surface area contributed by atoms with Crippen LogP contribution in [-0.4, -0.2) is 58.2 Å². The van der Waals surface area contributed by atoms with Gasteiger partial charge in [0, 0.05) is 42.9 Å². The van der Waals surface area contributed by atoms with E-state index < -0.39 is 5.60 Å². The van der Waals surface area contributed by atoms with Crippen LogP contribution in [0.25, 0.3) is 0 Å². The fourth-order valence-electron chi connectivity index (χ4n) is 3.08. The van der Waals surface area contributed by atoms with Gasteiger partial charge in [0.2, 0.25) is 5.91 Å². The average Bonchev–Trinajstić information content (AvgIpc) is 2.70. The van der Waals surface area contributed by atoms with Gasteiger partial charge in [-0.3, -0.25) is 9.59 Å². The smallest absolute Gasteiger partial charge is 0.410 e. The summed E-state index contributed by atoms with van der Waals surface area (Å²) in [6.45, 7) is 7.91. The highest BCUT2D eigenvalue weighted by molar-refractivity contribution is 9.10. The molecule has 0 aromatic carbocycles. The molecule has 2 aromatic heterocycles. The Morgan fingerprint density at radius 1 is 1.13 bits per heavy atom. The Balaban J connectivity index is 1.52. The van der Waals surface area contributed by atoms with Crippen LogP contribution in [0.5, 0.6) is 0 Å². The van der Waals surface area contributed by atoms with Crippen molar-refractivity contribution in [3.05, 3.63) is 51.5 Å². The summed E-state index contributed by atoms with van der Waals surface area (Å²) in [5, 5.41) is 2.70. The van der Waals surface area contributed by atoms with E-state index >= 15 is 0 Å². The highest BCUT2D eigenvalue weighted by Gasteiger charge is 2.26. The standard InChI is InChI=1S/C21H26BrN5O4/c1-21(2,3)31-20(30)26-10-8-25(9-11-26)16-5-6-17(23-12-16)24-18(28)14-27-13-15(22)4-7-19(27)29/h4-7,12-13H,8-11,14H2,1-3H3,(H,23,24,28). The molecule has 0 aliphatic carbocycles. The van der Waals surface area contributed by atoms with Crippen molar-refractivity contribution in [3.63, 3.8) is 0 Å². The molecule has 0 radical (unpaired) electrons. The van der Waals surface area contributed by atoms with E-state index in [0.29, 0.717) is 36.5 Å². The van der Waals surface area contributed by atoms with Gasteiger partial charge in [-0.1, -0.05) is 0 Å². The molecule has 1 fully saturated rings. The first kappa shape index (κ1) is 22.8. The monoisotopic (exact) mass is 491 g/mol. The van der Waals surface area contributed by atoms with Gasteiger partial charge in [0.1, 0.15) is 18.0 Å². The van der Waals surface area contributed by atoms with E-state index in [9.17, 15) is 14.4 Å². The van der Waals surface area contributed by atoms with Crippen LogP contribution in [0.4, 0.5) is 16.3 Å². The first-order valence-corrected chi connectivity index (χ1v) is 10.7. The summed E-state index contributed by atoms with van der Waals surface area (Å²) in [7, 11) is 0. The molecule has 1 aliphatic rings. The molecule has 0 bridgehead atoms.